The fourth-order valence-corrected chi connectivity index (χ4v) is 2.51. The molecule has 108 valence electrons. The lowest BCUT2D eigenvalue weighted by atomic mass is 10.1. The van der Waals surface area contributed by atoms with Gasteiger partial charge in [0.05, 0.1) is 12.4 Å². The van der Waals surface area contributed by atoms with Crippen LogP contribution < -0.4 is 0 Å². The Balaban J connectivity index is 2.11. The molecule has 20 heavy (non-hydrogen) atoms. The molecule has 2 rings (SSSR count). The summed E-state index contributed by atoms with van der Waals surface area (Å²) in [4.78, 5) is 4.25. The fraction of sp³-hybridized carbons (Fsp3) is 0.385. The van der Waals surface area contributed by atoms with Crippen molar-refractivity contribution < 1.29 is 17.7 Å². The minimum absolute atomic E-state index is 0.0240. The first kappa shape index (κ1) is 14.7. The van der Waals surface area contributed by atoms with E-state index in [2.05, 4.69) is 10.1 Å². The summed E-state index contributed by atoms with van der Waals surface area (Å²) in [5, 5.41) is 3.85. The van der Waals surface area contributed by atoms with Gasteiger partial charge in [-0.15, -0.1) is 0 Å². The highest BCUT2D eigenvalue weighted by Crippen LogP contribution is 2.18. The molecule has 0 bridgehead atoms. The average molecular weight is 296 g/mol. The van der Waals surface area contributed by atoms with E-state index in [0.717, 1.165) is 11.1 Å². The molecule has 0 amide bonds. The highest BCUT2D eigenvalue weighted by molar-refractivity contribution is 7.89. The van der Waals surface area contributed by atoms with Crippen molar-refractivity contribution in [3.05, 3.63) is 35.7 Å². The molecule has 0 saturated heterocycles. The van der Waals surface area contributed by atoms with E-state index in [1.54, 1.807) is 31.4 Å². The maximum absolute atomic E-state index is 11.2. The second kappa shape index (κ2) is 6.15. The number of nitrogens with zero attached hydrogens (tertiary/aromatic N) is 2. The standard InChI is InChI=1S/C13H16N2O4S/c1-18-8-7-12-14-13(19-15-12)11-5-3-10(4-6-11)9-20(2,16)17/h3-6H,7-9H2,1-2H3. The van der Waals surface area contributed by atoms with Gasteiger partial charge in [-0.3, -0.25) is 0 Å². The molecule has 0 saturated carbocycles. The minimum atomic E-state index is -3.03. The van der Waals surface area contributed by atoms with Crippen molar-refractivity contribution in [2.75, 3.05) is 20.0 Å². The largest absolute Gasteiger partial charge is 0.384 e. The molecule has 1 aromatic heterocycles. The first-order chi connectivity index (χ1) is 9.48. The Bertz CT molecular complexity index is 662. The summed E-state index contributed by atoms with van der Waals surface area (Å²) in [6.07, 6.45) is 1.80. The molecule has 0 spiro atoms. The highest BCUT2D eigenvalue weighted by Gasteiger charge is 2.10. The molecule has 0 aliphatic heterocycles. The van der Waals surface area contributed by atoms with Crippen LogP contribution in [-0.4, -0.2) is 38.5 Å². The van der Waals surface area contributed by atoms with Gasteiger partial charge in [-0.2, -0.15) is 4.98 Å². The Morgan fingerprint density at radius 3 is 2.55 bits per heavy atom. The van der Waals surface area contributed by atoms with Crippen LogP contribution in [-0.2, 0) is 26.7 Å². The number of hydrogen-bond acceptors (Lipinski definition) is 6. The molecule has 0 radical (unpaired) electrons. The van der Waals surface area contributed by atoms with E-state index in [1.165, 1.54) is 6.26 Å². The Hall–Kier alpha value is -1.73. The molecule has 0 aliphatic rings. The van der Waals surface area contributed by atoms with Gasteiger partial charge in [-0.25, -0.2) is 8.42 Å². The zero-order chi connectivity index (χ0) is 14.6. The maximum atomic E-state index is 11.2. The predicted octanol–water partition coefficient (Wildman–Crippen LogP) is 1.47. The van der Waals surface area contributed by atoms with Crippen LogP contribution in [0.1, 0.15) is 11.4 Å². The van der Waals surface area contributed by atoms with E-state index in [4.69, 9.17) is 9.26 Å². The molecule has 1 aromatic carbocycles. The lowest BCUT2D eigenvalue weighted by molar-refractivity contribution is 0.199. The number of methoxy groups -OCH3 is 1. The van der Waals surface area contributed by atoms with Crippen molar-refractivity contribution in [1.29, 1.82) is 0 Å². The normalized spacial score (nSPS) is 11.7. The number of benzene rings is 1. The predicted molar refractivity (Wildman–Crippen MR) is 73.9 cm³/mol. The first-order valence-corrected chi connectivity index (χ1v) is 8.12. The Morgan fingerprint density at radius 2 is 1.95 bits per heavy atom. The number of ether oxygens (including phenoxy) is 1. The summed E-state index contributed by atoms with van der Waals surface area (Å²) in [6, 6.07) is 7.03. The van der Waals surface area contributed by atoms with Crippen LogP contribution in [0, 0.1) is 0 Å². The van der Waals surface area contributed by atoms with Crippen LogP contribution in [0.2, 0.25) is 0 Å². The summed E-state index contributed by atoms with van der Waals surface area (Å²) in [5.41, 5.74) is 1.49. The summed E-state index contributed by atoms with van der Waals surface area (Å²) < 4.78 is 32.5. The zero-order valence-electron chi connectivity index (χ0n) is 11.4. The Labute approximate surface area is 117 Å². The summed E-state index contributed by atoms with van der Waals surface area (Å²) in [7, 11) is -1.41. The van der Waals surface area contributed by atoms with Crippen molar-refractivity contribution in [3.63, 3.8) is 0 Å². The van der Waals surface area contributed by atoms with Crippen LogP contribution in [0.5, 0.6) is 0 Å². The third-order valence-corrected chi connectivity index (χ3v) is 3.49. The maximum Gasteiger partial charge on any atom is 0.257 e. The minimum Gasteiger partial charge on any atom is -0.384 e. The molecule has 6 nitrogen and oxygen atoms in total. The second-order valence-electron chi connectivity index (χ2n) is 4.53. The topological polar surface area (TPSA) is 82.3 Å². The van der Waals surface area contributed by atoms with Crippen molar-refractivity contribution in [1.82, 2.24) is 10.1 Å². The summed E-state index contributed by atoms with van der Waals surface area (Å²) in [6.45, 7) is 0.534. The van der Waals surface area contributed by atoms with Gasteiger partial charge >= 0.3 is 0 Å². The van der Waals surface area contributed by atoms with E-state index in [-0.39, 0.29) is 5.75 Å². The van der Waals surface area contributed by atoms with Crippen molar-refractivity contribution in [2.24, 2.45) is 0 Å². The number of hydrogen-bond donors (Lipinski definition) is 0. The average Bonchev–Trinajstić information content (AvgIpc) is 2.84. The third kappa shape index (κ3) is 4.14. The molecule has 7 heteroatoms. The van der Waals surface area contributed by atoms with E-state index >= 15 is 0 Å². The number of rotatable bonds is 6. The lowest BCUT2D eigenvalue weighted by Gasteiger charge is -2.00. The van der Waals surface area contributed by atoms with Crippen LogP contribution in [0.3, 0.4) is 0 Å². The van der Waals surface area contributed by atoms with Crippen LogP contribution in [0.15, 0.2) is 28.8 Å². The quantitative estimate of drug-likeness (QED) is 0.803. The molecule has 0 atom stereocenters. The molecule has 0 aliphatic carbocycles. The van der Waals surface area contributed by atoms with Gasteiger partial charge in [0, 0.05) is 25.3 Å². The third-order valence-electron chi connectivity index (χ3n) is 2.63. The summed E-state index contributed by atoms with van der Waals surface area (Å²) in [5.74, 6) is 1.03. The SMILES string of the molecule is COCCc1noc(-c2ccc(CS(C)(=O)=O)cc2)n1. The molecule has 0 N–H and O–H groups in total. The fourth-order valence-electron chi connectivity index (χ4n) is 1.71. The van der Waals surface area contributed by atoms with Crippen molar-refractivity contribution in [2.45, 2.75) is 12.2 Å². The van der Waals surface area contributed by atoms with Gasteiger partial charge in [-0.05, 0) is 17.7 Å². The highest BCUT2D eigenvalue weighted by atomic mass is 32.2. The van der Waals surface area contributed by atoms with E-state index < -0.39 is 9.84 Å². The van der Waals surface area contributed by atoms with Gasteiger partial charge in [0.2, 0.25) is 0 Å². The van der Waals surface area contributed by atoms with E-state index in [9.17, 15) is 8.42 Å². The van der Waals surface area contributed by atoms with Crippen molar-refractivity contribution in [3.8, 4) is 11.5 Å². The zero-order valence-corrected chi connectivity index (χ0v) is 12.2. The van der Waals surface area contributed by atoms with Crippen molar-refractivity contribution >= 4 is 9.84 Å². The van der Waals surface area contributed by atoms with Gasteiger partial charge in [-0.1, -0.05) is 17.3 Å². The number of sulfone groups is 1. The monoisotopic (exact) mass is 296 g/mol. The Morgan fingerprint density at radius 1 is 1.25 bits per heavy atom. The van der Waals surface area contributed by atoms with Gasteiger partial charge in [0.15, 0.2) is 15.7 Å². The molecule has 1 heterocycles. The Kier molecular flexibility index (Phi) is 4.51. The van der Waals surface area contributed by atoms with E-state index in [0.29, 0.717) is 24.7 Å². The van der Waals surface area contributed by atoms with Crippen LogP contribution >= 0.6 is 0 Å². The summed E-state index contributed by atoms with van der Waals surface area (Å²) >= 11 is 0. The molecule has 0 unspecified atom stereocenters. The van der Waals surface area contributed by atoms with Gasteiger partial charge in [0.25, 0.3) is 5.89 Å². The molecular weight excluding hydrogens is 280 g/mol. The first-order valence-electron chi connectivity index (χ1n) is 6.06. The lowest BCUT2D eigenvalue weighted by Crippen LogP contribution is -2.00. The van der Waals surface area contributed by atoms with Crippen LogP contribution in [0.4, 0.5) is 0 Å². The number of aromatic nitrogens is 2. The van der Waals surface area contributed by atoms with Crippen LogP contribution in [0.25, 0.3) is 11.5 Å². The molecule has 0 fully saturated rings. The second-order valence-corrected chi connectivity index (χ2v) is 6.67. The van der Waals surface area contributed by atoms with Gasteiger partial charge < -0.3 is 9.26 Å². The smallest absolute Gasteiger partial charge is 0.257 e. The van der Waals surface area contributed by atoms with E-state index in [1.807, 2.05) is 0 Å². The molecular formula is C13H16N2O4S. The molecule has 2 aromatic rings. The van der Waals surface area contributed by atoms with Gasteiger partial charge in [0.1, 0.15) is 0 Å².